The second kappa shape index (κ2) is 6.01. The SMILES string of the molecule is O=C(Cn1nnc2ccccc21)Nc1nc2c(Cl)c(Cl)ccc2s1. The Bertz CT molecular complexity index is 1070. The van der Waals surface area contributed by atoms with Crippen LogP contribution >= 0.6 is 34.5 Å². The van der Waals surface area contributed by atoms with Gasteiger partial charge in [0, 0.05) is 0 Å². The first kappa shape index (κ1) is 15.3. The van der Waals surface area contributed by atoms with Gasteiger partial charge in [-0.2, -0.15) is 0 Å². The van der Waals surface area contributed by atoms with E-state index >= 15 is 0 Å². The molecule has 0 unspecified atom stereocenters. The zero-order valence-electron chi connectivity index (χ0n) is 12.0. The molecule has 0 bridgehead atoms. The van der Waals surface area contributed by atoms with Crippen molar-refractivity contribution in [3.8, 4) is 0 Å². The number of nitrogens with one attached hydrogen (secondary N) is 1. The number of aromatic nitrogens is 4. The van der Waals surface area contributed by atoms with Crippen molar-refractivity contribution in [1.29, 1.82) is 0 Å². The van der Waals surface area contributed by atoms with E-state index in [1.807, 2.05) is 30.3 Å². The summed E-state index contributed by atoms with van der Waals surface area (Å²) in [7, 11) is 0. The van der Waals surface area contributed by atoms with Crippen LogP contribution in [0.4, 0.5) is 5.13 Å². The maximum Gasteiger partial charge on any atom is 0.247 e. The van der Waals surface area contributed by atoms with Crippen LogP contribution in [0.3, 0.4) is 0 Å². The monoisotopic (exact) mass is 377 g/mol. The van der Waals surface area contributed by atoms with E-state index in [0.717, 1.165) is 15.7 Å². The van der Waals surface area contributed by atoms with Gasteiger partial charge in [-0.05, 0) is 24.3 Å². The van der Waals surface area contributed by atoms with Crippen LogP contribution in [0.1, 0.15) is 0 Å². The number of benzene rings is 2. The summed E-state index contributed by atoms with van der Waals surface area (Å²) in [6.07, 6.45) is 0. The molecule has 4 aromatic rings. The van der Waals surface area contributed by atoms with Crippen LogP contribution in [-0.4, -0.2) is 25.9 Å². The molecule has 2 heterocycles. The van der Waals surface area contributed by atoms with Gasteiger partial charge >= 0.3 is 0 Å². The fraction of sp³-hybridized carbons (Fsp3) is 0.0667. The van der Waals surface area contributed by atoms with Crippen molar-refractivity contribution in [3.63, 3.8) is 0 Å². The molecule has 0 atom stereocenters. The molecule has 0 aliphatic carbocycles. The number of rotatable bonds is 3. The van der Waals surface area contributed by atoms with Crippen LogP contribution in [0.2, 0.25) is 10.0 Å². The second-order valence-corrected chi connectivity index (χ2v) is 6.83. The van der Waals surface area contributed by atoms with Crippen molar-refractivity contribution < 1.29 is 4.79 Å². The number of amides is 1. The first-order valence-corrected chi connectivity index (χ1v) is 8.52. The number of nitrogens with zero attached hydrogens (tertiary/aromatic N) is 4. The van der Waals surface area contributed by atoms with E-state index in [1.165, 1.54) is 11.3 Å². The Morgan fingerprint density at radius 3 is 2.92 bits per heavy atom. The van der Waals surface area contributed by atoms with E-state index in [0.29, 0.717) is 20.7 Å². The number of fused-ring (bicyclic) bond motifs is 2. The summed E-state index contributed by atoms with van der Waals surface area (Å²) < 4.78 is 2.40. The van der Waals surface area contributed by atoms with Gasteiger partial charge in [0.05, 0.1) is 20.3 Å². The summed E-state index contributed by atoms with van der Waals surface area (Å²) in [6.45, 7) is 0.0466. The largest absolute Gasteiger partial charge is 0.300 e. The fourth-order valence-electron chi connectivity index (χ4n) is 2.32. The van der Waals surface area contributed by atoms with Gasteiger partial charge < -0.3 is 5.32 Å². The number of carbonyl (C=O) groups excluding carboxylic acids is 1. The van der Waals surface area contributed by atoms with Crippen LogP contribution in [0, 0.1) is 0 Å². The van der Waals surface area contributed by atoms with Gasteiger partial charge in [0.1, 0.15) is 17.6 Å². The number of anilines is 1. The molecule has 120 valence electrons. The van der Waals surface area contributed by atoms with Crippen LogP contribution < -0.4 is 5.32 Å². The topological polar surface area (TPSA) is 72.7 Å². The molecular weight excluding hydrogens is 369 g/mol. The molecule has 9 heteroatoms. The third kappa shape index (κ3) is 2.71. The average Bonchev–Trinajstić information content (AvgIpc) is 3.16. The van der Waals surface area contributed by atoms with E-state index in [9.17, 15) is 4.79 Å². The minimum Gasteiger partial charge on any atom is -0.300 e. The Hall–Kier alpha value is -2.22. The zero-order valence-corrected chi connectivity index (χ0v) is 14.4. The number of carbonyl (C=O) groups is 1. The van der Waals surface area contributed by atoms with Crippen molar-refractivity contribution in [3.05, 3.63) is 46.4 Å². The van der Waals surface area contributed by atoms with Crippen molar-refractivity contribution in [1.82, 2.24) is 20.0 Å². The predicted molar refractivity (Wildman–Crippen MR) is 95.8 cm³/mol. The van der Waals surface area contributed by atoms with E-state index in [4.69, 9.17) is 23.2 Å². The maximum atomic E-state index is 12.3. The normalized spacial score (nSPS) is 11.2. The highest BCUT2D eigenvalue weighted by Gasteiger charge is 2.13. The van der Waals surface area contributed by atoms with E-state index in [2.05, 4.69) is 20.6 Å². The maximum absolute atomic E-state index is 12.3. The van der Waals surface area contributed by atoms with Gasteiger partial charge in [0.25, 0.3) is 0 Å². The lowest BCUT2D eigenvalue weighted by Gasteiger charge is -2.02. The smallest absolute Gasteiger partial charge is 0.247 e. The molecule has 2 aromatic heterocycles. The summed E-state index contributed by atoms with van der Waals surface area (Å²) >= 11 is 13.4. The number of hydrogen-bond donors (Lipinski definition) is 1. The van der Waals surface area contributed by atoms with Crippen LogP contribution in [0.15, 0.2) is 36.4 Å². The van der Waals surface area contributed by atoms with Crippen LogP contribution in [-0.2, 0) is 11.3 Å². The average molecular weight is 378 g/mol. The Kier molecular flexibility index (Phi) is 3.84. The minimum absolute atomic E-state index is 0.0466. The summed E-state index contributed by atoms with van der Waals surface area (Å²) in [6, 6.07) is 11.0. The lowest BCUT2D eigenvalue weighted by Crippen LogP contribution is -2.19. The Labute approximate surface area is 150 Å². The first-order valence-electron chi connectivity index (χ1n) is 6.94. The molecule has 2 aromatic carbocycles. The third-order valence-corrected chi connectivity index (χ3v) is 5.14. The van der Waals surface area contributed by atoms with Crippen LogP contribution in [0.25, 0.3) is 21.3 Å². The quantitative estimate of drug-likeness (QED) is 0.585. The first-order chi connectivity index (χ1) is 11.6. The lowest BCUT2D eigenvalue weighted by molar-refractivity contribution is -0.116. The van der Waals surface area contributed by atoms with Crippen LogP contribution in [0.5, 0.6) is 0 Å². The molecule has 1 N–H and O–H groups in total. The molecule has 0 fully saturated rings. The van der Waals surface area contributed by atoms with Crippen molar-refractivity contribution >= 4 is 66.8 Å². The highest BCUT2D eigenvalue weighted by Crippen LogP contribution is 2.35. The Morgan fingerprint density at radius 1 is 1.21 bits per heavy atom. The summed E-state index contributed by atoms with van der Waals surface area (Å²) in [4.78, 5) is 16.6. The molecule has 0 spiro atoms. The molecular formula is C15H9Cl2N5OS. The fourth-order valence-corrected chi connectivity index (χ4v) is 3.63. The van der Waals surface area contributed by atoms with Gasteiger partial charge in [-0.3, -0.25) is 4.79 Å². The molecule has 4 rings (SSSR count). The summed E-state index contributed by atoms with van der Waals surface area (Å²) in [5.74, 6) is -0.244. The van der Waals surface area contributed by atoms with Gasteiger partial charge in [0.2, 0.25) is 5.91 Å². The molecule has 0 aliphatic rings. The summed E-state index contributed by atoms with van der Waals surface area (Å²) in [5, 5.41) is 12.1. The molecule has 24 heavy (non-hydrogen) atoms. The zero-order chi connectivity index (χ0) is 16.7. The summed E-state index contributed by atoms with van der Waals surface area (Å²) in [5.41, 5.74) is 2.12. The van der Waals surface area contributed by atoms with E-state index in [-0.39, 0.29) is 12.5 Å². The molecule has 6 nitrogen and oxygen atoms in total. The highest BCUT2D eigenvalue weighted by atomic mass is 35.5. The van der Waals surface area contributed by atoms with E-state index in [1.54, 1.807) is 10.7 Å². The number of hydrogen-bond acceptors (Lipinski definition) is 5. The molecule has 1 amide bonds. The predicted octanol–water partition coefficient (Wildman–Crippen LogP) is 3.99. The Morgan fingerprint density at radius 2 is 2.04 bits per heavy atom. The van der Waals surface area contributed by atoms with E-state index < -0.39 is 0 Å². The van der Waals surface area contributed by atoms with Crippen molar-refractivity contribution in [2.45, 2.75) is 6.54 Å². The third-order valence-electron chi connectivity index (χ3n) is 3.41. The number of halogens is 2. The minimum atomic E-state index is -0.244. The van der Waals surface area contributed by atoms with Crippen molar-refractivity contribution in [2.24, 2.45) is 0 Å². The second-order valence-electron chi connectivity index (χ2n) is 5.01. The van der Waals surface area contributed by atoms with Gasteiger partial charge in [-0.25, -0.2) is 9.67 Å². The van der Waals surface area contributed by atoms with Gasteiger partial charge in [0.15, 0.2) is 5.13 Å². The van der Waals surface area contributed by atoms with Gasteiger partial charge in [-0.1, -0.05) is 51.9 Å². The number of para-hydroxylation sites is 1. The standard InChI is InChI=1S/C15H9Cl2N5OS/c16-8-5-6-11-14(13(8)17)19-15(24-11)18-12(23)7-22-10-4-2-1-3-9(10)20-21-22/h1-6H,7H2,(H,18,19,23). The van der Waals surface area contributed by atoms with Gasteiger partial charge in [-0.15, -0.1) is 5.10 Å². The molecule has 0 aliphatic heterocycles. The van der Waals surface area contributed by atoms with Crippen molar-refractivity contribution in [2.75, 3.05) is 5.32 Å². The lowest BCUT2D eigenvalue weighted by atomic mass is 10.3. The molecule has 0 saturated carbocycles. The Balaban J connectivity index is 1.57. The highest BCUT2D eigenvalue weighted by molar-refractivity contribution is 7.22. The number of thiazole rings is 1. The molecule has 0 radical (unpaired) electrons. The molecule has 0 saturated heterocycles.